The van der Waals surface area contributed by atoms with Crippen molar-refractivity contribution in [2.24, 2.45) is 0 Å². The maximum atomic E-state index is 14.3. The number of pyridine rings is 1. The van der Waals surface area contributed by atoms with E-state index in [2.05, 4.69) is 23.8 Å². The monoisotopic (exact) mass is 284 g/mol. The lowest BCUT2D eigenvalue weighted by Crippen LogP contribution is -1.90. The summed E-state index contributed by atoms with van der Waals surface area (Å²) in [4.78, 5) is 7.59. The molecule has 4 heteroatoms. The highest BCUT2D eigenvalue weighted by molar-refractivity contribution is 5.85. The van der Waals surface area contributed by atoms with E-state index in [9.17, 15) is 4.39 Å². The molecule has 2 heterocycles. The number of methoxy groups -OCH3 is 1. The lowest BCUT2D eigenvalue weighted by Gasteiger charge is -2.04. The second-order valence-electron chi connectivity index (χ2n) is 5.38. The van der Waals surface area contributed by atoms with Crippen LogP contribution in [0.25, 0.3) is 22.2 Å². The molecule has 0 bridgehead atoms. The average molecular weight is 284 g/mol. The third kappa shape index (κ3) is 2.49. The molecule has 0 amide bonds. The van der Waals surface area contributed by atoms with Crippen LogP contribution in [0.15, 0.2) is 36.5 Å². The van der Waals surface area contributed by atoms with Crippen molar-refractivity contribution in [3.05, 3.63) is 48.0 Å². The standard InChI is InChI=1S/C17H17FN2O/c1-10(2)16-7-11-6-14(18)13(8-17(11)20-16)15-5-4-12(21-3)9-19-15/h4-10,20H,1-3H3. The normalized spacial score (nSPS) is 11.3. The van der Waals surface area contributed by atoms with Crippen molar-refractivity contribution >= 4 is 10.9 Å². The molecule has 0 aliphatic heterocycles. The van der Waals surface area contributed by atoms with Gasteiger partial charge in [-0.3, -0.25) is 4.98 Å². The summed E-state index contributed by atoms with van der Waals surface area (Å²) in [6.07, 6.45) is 1.59. The molecule has 1 aromatic carbocycles. The van der Waals surface area contributed by atoms with Crippen molar-refractivity contribution in [3.63, 3.8) is 0 Å². The van der Waals surface area contributed by atoms with Crippen LogP contribution in [0.5, 0.6) is 5.75 Å². The quantitative estimate of drug-likeness (QED) is 0.769. The molecule has 3 nitrogen and oxygen atoms in total. The van der Waals surface area contributed by atoms with Gasteiger partial charge in [0.25, 0.3) is 0 Å². The van der Waals surface area contributed by atoms with Crippen LogP contribution in [-0.4, -0.2) is 17.1 Å². The summed E-state index contributed by atoms with van der Waals surface area (Å²) >= 11 is 0. The van der Waals surface area contributed by atoms with Crippen molar-refractivity contribution < 1.29 is 9.13 Å². The van der Waals surface area contributed by atoms with Crippen LogP contribution in [-0.2, 0) is 0 Å². The summed E-state index contributed by atoms with van der Waals surface area (Å²) < 4.78 is 19.4. The molecular weight excluding hydrogens is 267 g/mol. The number of H-pyrrole nitrogens is 1. The second-order valence-corrected chi connectivity index (χ2v) is 5.38. The van der Waals surface area contributed by atoms with Crippen molar-refractivity contribution in [1.82, 2.24) is 9.97 Å². The summed E-state index contributed by atoms with van der Waals surface area (Å²) in [7, 11) is 1.58. The number of hydrogen-bond acceptors (Lipinski definition) is 2. The molecular formula is C17H17FN2O. The lowest BCUT2D eigenvalue weighted by molar-refractivity contribution is 0.413. The summed E-state index contributed by atoms with van der Waals surface area (Å²) in [5.41, 5.74) is 3.11. The molecule has 0 atom stereocenters. The van der Waals surface area contributed by atoms with Crippen molar-refractivity contribution in [2.75, 3.05) is 7.11 Å². The Morgan fingerprint density at radius 3 is 2.62 bits per heavy atom. The number of hydrogen-bond donors (Lipinski definition) is 1. The third-order valence-electron chi connectivity index (χ3n) is 3.60. The first-order valence-corrected chi connectivity index (χ1v) is 6.91. The first kappa shape index (κ1) is 13.6. The van der Waals surface area contributed by atoms with Crippen LogP contribution in [0.1, 0.15) is 25.5 Å². The maximum Gasteiger partial charge on any atom is 0.137 e. The summed E-state index contributed by atoms with van der Waals surface area (Å²) in [6.45, 7) is 4.21. The summed E-state index contributed by atoms with van der Waals surface area (Å²) in [5.74, 6) is 0.764. The van der Waals surface area contributed by atoms with E-state index < -0.39 is 0 Å². The van der Waals surface area contributed by atoms with Crippen LogP contribution >= 0.6 is 0 Å². The number of halogens is 1. The number of nitrogens with one attached hydrogen (secondary N) is 1. The Morgan fingerprint density at radius 2 is 2.00 bits per heavy atom. The molecule has 21 heavy (non-hydrogen) atoms. The van der Waals surface area contributed by atoms with Crippen molar-refractivity contribution in [3.8, 4) is 17.0 Å². The first-order valence-electron chi connectivity index (χ1n) is 6.91. The first-order chi connectivity index (χ1) is 10.1. The van der Waals surface area contributed by atoms with E-state index in [0.29, 0.717) is 22.9 Å². The number of aromatic amines is 1. The molecule has 0 unspecified atom stereocenters. The van der Waals surface area contributed by atoms with Crippen LogP contribution < -0.4 is 4.74 Å². The largest absolute Gasteiger partial charge is 0.495 e. The van der Waals surface area contributed by atoms with E-state index in [1.54, 1.807) is 31.5 Å². The van der Waals surface area contributed by atoms with E-state index in [1.165, 1.54) is 0 Å². The van der Waals surface area contributed by atoms with Gasteiger partial charge in [0.2, 0.25) is 0 Å². The summed E-state index contributed by atoms with van der Waals surface area (Å²) in [5, 5.41) is 0.883. The van der Waals surface area contributed by atoms with Gasteiger partial charge in [-0.05, 0) is 36.2 Å². The van der Waals surface area contributed by atoms with Crippen LogP contribution in [0.3, 0.4) is 0 Å². The van der Waals surface area contributed by atoms with Gasteiger partial charge in [-0.1, -0.05) is 13.8 Å². The molecule has 3 rings (SSSR count). The molecule has 108 valence electrons. The topological polar surface area (TPSA) is 37.9 Å². The number of nitrogens with zero attached hydrogens (tertiary/aromatic N) is 1. The zero-order valence-corrected chi connectivity index (χ0v) is 12.3. The number of benzene rings is 1. The van der Waals surface area contributed by atoms with Crippen molar-refractivity contribution in [2.45, 2.75) is 19.8 Å². The molecule has 0 saturated heterocycles. The third-order valence-corrected chi connectivity index (χ3v) is 3.60. The molecule has 0 aliphatic rings. The molecule has 0 spiro atoms. The van der Waals surface area contributed by atoms with E-state index >= 15 is 0 Å². The van der Waals surface area contributed by atoms with E-state index in [0.717, 1.165) is 16.6 Å². The molecule has 2 aromatic heterocycles. The van der Waals surface area contributed by atoms with E-state index in [-0.39, 0.29) is 5.82 Å². The Kier molecular flexibility index (Phi) is 3.37. The zero-order chi connectivity index (χ0) is 15.0. The van der Waals surface area contributed by atoms with Crippen molar-refractivity contribution in [1.29, 1.82) is 0 Å². The minimum Gasteiger partial charge on any atom is -0.495 e. The van der Waals surface area contributed by atoms with Gasteiger partial charge in [0, 0.05) is 22.2 Å². The highest BCUT2D eigenvalue weighted by Crippen LogP contribution is 2.29. The fraction of sp³-hybridized carbons (Fsp3) is 0.235. The number of rotatable bonds is 3. The minimum absolute atomic E-state index is 0.269. The molecule has 0 radical (unpaired) electrons. The fourth-order valence-electron chi connectivity index (χ4n) is 2.34. The van der Waals surface area contributed by atoms with Gasteiger partial charge in [0.1, 0.15) is 11.6 Å². The zero-order valence-electron chi connectivity index (χ0n) is 12.3. The second kappa shape index (κ2) is 5.20. The average Bonchev–Trinajstić information content (AvgIpc) is 2.89. The highest BCUT2D eigenvalue weighted by atomic mass is 19.1. The van der Waals surface area contributed by atoms with Gasteiger partial charge in [0.15, 0.2) is 0 Å². The Bertz CT molecular complexity index is 775. The number of fused-ring (bicyclic) bond motifs is 1. The van der Waals surface area contributed by atoms with E-state index in [4.69, 9.17) is 4.74 Å². The predicted molar refractivity (Wildman–Crippen MR) is 82.1 cm³/mol. The predicted octanol–water partition coefficient (Wildman–Crippen LogP) is 4.50. The highest BCUT2D eigenvalue weighted by Gasteiger charge is 2.11. The van der Waals surface area contributed by atoms with Gasteiger partial charge in [-0.2, -0.15) is 0 Å². The van der Waals surface area contributed by atoms with Gasteiger partial charge in [-0.25, -0.2) is 4.39 Å². The SMILES string of the molecule is COc1ccc(-c2cc3[nH]c(C(C)C)cc3cc2F)nc1. The molecule has 0 aliphatic carbocycles. The lowest BCUT2D eigenvalue weighted by atomic mass is 10.1. The van der Waals surface area contributed by atoms with Gasteiger partial charge < -0.3 is 9.72 Å². The molecule has 0 fully saturated rings. The maximum absolute atomic E-state index is 14.3. The number of ether oxygens (including phenoxy) is 1. The Morgan fingerprint density at radius 1 is 1.19 bits per heavy atom. The van der Waals surface area contributed by atoms with Crippen LogP contribution in [0.2, 0.25) is 0 Å². The van der Waals surface area contributed by atoms with Gasteiger partial charge in [0.05, 0.1) is 19.0 Å². The minimum atomic E-state index is -0.269. The Hall–Kier alpha value is -2.36. The molecule has 3 aromatic rings. The van der Waals surface area contributed by atoms with E-state index in [1.807, 2.05) is 12.1 Å². The van der Waals surface area contributed by atoms with Crippen LogP contribution in [0.4, 0.5) is 4.39 Å². The Labute approximate surface area is 122 Å². The molecule has 0 saturated carbocycles. The smallest absolute Gasteiger partial charge is 0.137 e. The van der Waals surface area contributed by atoms with Crippen LogP contribution in [0, 0.1) is 5.82 Å². The summed E-state index contributed by atoms with van der Waals surface area (Å²) in [6, 6.07) is 8.90. The fourth-order valence-corrected chi connectivity index (χ4v) is 2.34. The number of aromatic nitrogens is 2. The molecule has 1 N–H and O–H groups in total. The van der Waals surface area contributed by atoms with Gasteiger partial charge in [-0.15, -0.1) is 0 Å². The Balaban J connectivity index is 2.10. The van der Waals surface area contributed by atoms with Gasteiger partial charge >= 0.3 is 0 Å².